The van der Waals surface area contributed by atoms with Crippen molar-refractivity contribution in [2.75, 3.05) is 20.3 Å². The summed E-state index contributed by atoms with van der Waals surface area (Å²) >= 11 is 0. The van der Waals surface area contributed by atoms with Crippen LogP contribution in [-0.2, 0) is 16.1 Å². The average Bonchev–Trinajstić information content (AvgIpc) is 2.32. The number of unbranched alkanes of at least 4 members (excludes halogenated alkanes) is 1. The fourth-order valence-electron chi connectivity index (χ4n) is 1.71. The lowest BCUT2D eigenvalue weighted by molar-refractivity contribution is -0.124. The van der Waals surface area contributed by atoms with Crippen molar-refractivity contribution in [3.05, 3.63) is 34.2 Å². The lowest BCUT2D eigenvalue weighted by Crippen LogP contribution is -2.28. The highest BCUT2D eigenvalue weighted by Gasteiger charge is 2.00. The number of rotatable bonds is 7. The summed E-state index contributed by atoms with van der Waals surface area (Å²) in [4.78, 5) is 22.7. The van der Waals surface area contributed by atoms with Crippen LogP contribution in [-0.4, -0.2) is 30.7 Å². The van der Waals surface area contributed by atoms with E-state index in [2.05, 4.69) is 5.32 Å². The number of nitrogens with one attached hydrogen (secondary N) is 1. The van der Waals surface area contributed by atoms with Crippen LogP contribution >= 0.6 is 0 Å². The SMILES string of the molecule is COCC(=O)NCCCCn1c(C)cccc1=O. The molecule has 0 saturated heterocycles. The normalized spacial score (nSPS) is 10.3. The van der Waals surface area contributed by atoms with Gasteiger partial charge in [-0.15, -0.1) is 0 Å². The van der Waals surface area contributed by atoms with Crippen LogP contribution in [0.2, 0.25) is 0 Å². The van der Waals surface area contributed by atoms with Gasteiger partial charge >= 0.3 is 0 Å². The number of hydrogen-bond acceptors (Lipinski definition) is 3. The molecule has 1 amide bonds. The standard InChI is InChI=1S/C13H20N2O3/c1-11-6-5-7-13(17)15(11)9-4-3-8-14-12(16)10-18-2/h5-7H,3-4,8-10H2,1-2H3,(H,14,16). The minimum atomic E-state index is -0.106. The highest BCUT2D eigenvalue weighted by molar-refractivity contribution is 5.77. The second-order valence-corrected chi connectivity index (χ2v) is 4.15. The number of nitrogens with zero attached hydrogens (tertiary/aromatic N) is 1. The first kappa shape index (κ1) is 14.4. The third-order valence-electron chi connectivity index (χ3n) is 2.67. The molecular formula is C13H20N2O3. The third kappa shape index (κ3) is 4.71. The van der Waals surface area contributed by atoms with Crippen molar-refractivity contribution < 1.29 is 9.53 Å². The Morgan fingerprint density at radius 3 is 2.83 bits per heavy atom. The van der Waals surface area contributed by atoms with Crippen molar-refractivity contribution in [3.63, 3.8) is 0 Å². The molecule has 18 heavy (non-hydrogen) atoms. The smallest absolute Gasteiger partial charge is 0.250 e. The lowest BCUT2D eigenvalue weighted by atomic mass is 10.2. The minimum absolute atomic E-state index is 0.0263. The van der Waals surface area contributed by atoms with Crippen molar-refractivity contribution in [1.82, 2.24) is 9.88 Å². The fourth-order valence-corrected chi connectivity index (χ4v) is 1.71. The highest BCUT2D eigenvalue weighted by atomic mass is 16.5. The van der Waals surface area contributed by atoms with Gasteiger partial charge in [0.15, 0.2) is 0 Å². The van der Waals surface area contributed by atoms with E-state index in [1.807, 2.05) is 13.0 Å². The molecule has 0 radical (unpaired) electrons. The monoisotopic (exact) mass is 252 g/mol. The Labute approximate surface area is 107 Å². The molecule has 1 rings (SSSR count). The van der Waals surface area contributed by atoms with E-state index in [1.54, 1.807) is 16.7 Å². The molecule has 0 aliphatic rings. The van der Waals surface area contributed by atoms with E-state index in [1.165, 1.54) is 7.11 Å². The van der Waals surface area contributed by atoms with Crippen LogP contribution in [0.3, 0.4) is 0 Å². The lowest BCUT2D eigenvalue weighted by Gasteiger charge is -2.09. The zero-order chi connectivity index (χ0) is 13.4. The van der Waals surface area contributed by atoms with Gasteiger partial charge in [-0.25, -0.2) is 0 Å². The molecule has 100 valence electrons. The van der Waals surface area contributed by atoms with Crippen molar-refractivity contribution in [2.24, 2.45) is 0 Å². The summed E-state index contributed by atoms with van der Waals surface area (Å²) in [6.45, 7) is 3.31. The number of aromatic nitrogens is 1. The number of aryl methyl sites for hydroxylation is 1. The average molecular weight is 252 g/mol. The molecule has 0 aliphatic carbocycles. The Morgan fingerprint density at radius 2 is 2.17 bits per heavy atom. The topological polar surface area (TPSA) is 60.3 Å². The van der Waals surface area contributed by atoms with E-state index in [0.29, 0.717) is 13.1 Å². The van der Waals surface area contributed by atoms with E-state index in [4.69, 9.17) is 4.74 Å². The summed E-state index contributed by atoms with van der Waals surface area (Å²) in [6.07, 6.45) is 1.70. The number of amides is 1. The zero-order valence-electron chi connectivity index (χ0n) is 10.9. The van der Waals surface area contributed by atoms with Gasteiger partial charge in [-0.2, -0.15) is 0 Å². The number of hydrogen-bond donors (Lipinski definition) is 1. The zero-order valence-corrected chi connectivity index (χ0v) is 10.9. The molecule has 1 heterocycles. The Kier molecular flexibility index (Phi) is 6.14. The van der Waals surface area contributed by atoms with Crippen LogP contribution in [0.15, 0.2) is 23.0 Å². The van der Waals surface area contributed by atoms with Crippen LogP contribution in [0.5, 0.6) is 0 Å². The van der Waals surface area contributed by atoms with Gasteiger partial charge in [-0.1, -0.05) is 6.07 Å². The van der Waals surface area contributed by atoms with Crippen LogP contribution in [0, 0.1) is 6.92 Å². The number of ether oxygens (including phenoxy) is 1. The maximum Gasteiger partial charge on any atom is 0.250 e. The molecular weight excluding hydrogens is 232 g/mol. The van der Waals surface area contributed by atoms with Crippen LogP contribution < -0.4 is 10.9 Å². The Bertz CT molecular complexity index is 440. The second kappa shape index (κ2) is 7.66. The number of carbonyl (C=O) groups excluding carboxylic acids is 1. The largest absolute Gasteiger partial charge is 0.375 e. The van der Waals surface area contributed by atoms with Gasteiger partial charge in [-0.05, 0) is 25.8 Å². The summed E-state index contributed by atoms with van der Waals surface area (Å²) in [7, 11) is 1.49. The van der Waals surface area contributed by atoms with Crippen LogP contribution in [0.1, 0.15) is 18.5 Å². The van der Waals surface area contributed by atoms with Crippen LogP contribution in [0.4, 0.5) is 0 Å². The van der Waals surface area contributed by atoms with E-state index in [-0.39, 0.29) is 18.1 Å². The second-order valence-electron chi connectivity index (χ2n) is 4.15. The van der Waals surface area contributed by atoms with Crippen LogP contribution in [0.25, 0.3) is 0 Å². The van der Waals surface area contributed by atoms with Gasteiger partial charge in [0.1, 0.15) is 6.61 Å². The first-order chi connectivity index (χ1) is 8.65. The van der Waals surface area contributed by atoms with Crippen molar-refractivity contribution in [3.8, 4) is 0 Å². The predicted molar refractivity (Wildman–Crippen MR) is 69.6 cm³/mol. The molecule has 0 aliphatic heterocycles. The van der Waals surface area contributed by atoms with Gasteiger partial charge in [-0.3, -0.25) is 9.59 Å². The molecule has 0 fully saturated rings. The van der Waals surface area contributed by atoms with Gasteiger partial charge in [0.2, 0.25) is 5.91 Å². The third-order valence-corrected chi connectivity index (χ3v) is 2.67. The molecule has 1 aromatic rings. The maximum atomic E-state index is 11.6. The molecule has 0 bridgehead atoms. The summed E-state index contributed by atoms with van der Waals surface area (Å²) in [5.41, 5.74) is 0.990. The van der Waals surface area contributed by atoms with E-state index >= 15 is 0 Å². The minimum Gasteiger partial charge on any atom is -0.375 e. The highest BCUT2D eigenvalue weighted by Crippen LogP contribution is 1.97. The van der Waals surface area contributed by atoms with Gasteiger partial charge in [0.05, 0.1) is 0 Å². The maximum absolute atomic E-state index is 11.6. The first-order valence-electron chi connectivity index (χ1n) is 6.07. The summed E-state index contributed by atoms with van der Waals surface area (Å²) in [5, 5.41) is 2.75. The molecule has 0 aromatic carbocycles. The Morgan fingerprint density at radius 1 is 1.39 bits per heavy atom. The Hall–Kier alpha value is -1.62. The molecule has 0 spiro atoms. The number of carbonyl (C=O) groups is 1. The summed E-state index contributed by atoms with van der Waals surface area (Å²) in [6, 6.07) is 5.24. The quantitative estimate of drug-likeness (QED) is 0.727. The summed E-state index contributed by atoms with van der Waals surface area (Å²) in [5.74, 6) is -0.106. The van der Waals surface area contributed by atoms with Gasteiger partial charge < -0.3 is 14.6 Å². The fraction of sp³-hybridized carbons (Fsp3) is 0.538. The van der Waals surface area contributed by atoms with E-state index in [9.17, 15) is 9.59 Å². The Balaban J connectivity index is 2.26. The molecule has 1 aromatic heterocycles. The van der Waals surface area contributed by atoms with Crippen molar-refractivity contribution in [2.45, 2.75) is 26.3 Å². The van der Waals surface area contributed by atoms with Crippen molar-refractivity contribution in [1.29, 1.82) is 0 Å². The molecule has 5 nitrogen and oxygen atoms in total. The van der Waals surface area contributed by atoms with Crippen molar-refractivity contribution >= 4 is 5.91 Å². The van der Waals surface area contributed by atoms with E-state index in [0.717, 1.165) is 18.5 Å². The molecule has 1 N–H and O–H groups in total. The number of methoxy groups -OCH3 is 1. The van der Waals surface area contributed by atoms with Gasteiger partial charge in [0, 0.05) is 32.0 Å². The molecule has 5 heteroatoms. The number of pyridine rings is 1. The predicted octanol–water partition coefficient (Wildman–Crippen LogP) is 0.700. The molecule has 0 unspecified atom stereocenters. The molecule has 0 atom stereocenters. The van der Waals surface area contributed by atoms with E-state index < -0.39 is 0 Å². The molecule has 0 saturated carbocycles. The first-order valence-corrected chi connectivity index (χ1v) is 6.07. The van der Waals surface area contributed by atoms with Gasteiger partial charge in [0.25, 0.3) is 5.56 Å². The summed E-state index contributed by atoms with van der Waals surface area (Å²) < 4.78 is 6.45.